The van der Waals surface area contributed by atoms with Gasteiger partial charge in [-0.25, -0.2) is 0 Å². The van der Waals surface area contributed by atoms with Gasteiger partial charge in [-0.2, -0.15) is 0 Å². The van der Waals surface area contributed by atoms with Crippen LogP contribution in [0.25, 0.3) is 0 Å². The molecule has 1 rings (SSSR count). The van der Waals surface area contributed by atoms with Crippen LogP contribution in [0.3, 0.4) is 0 Å². The molecule has 1 aliphatic carbocycles. The number of allylic oxidation sites excluding steroid dienone is 10. The van der Waals surface area contributed by atoms with Gasteiger partial charge in [0.15, 0.2) is 0 Å². The molecule has 0 radical (unpaired) electrons. The van der Waals surface area contributed by atoms with Crippen LogP contribution in [0.4, 0.5) is 0 Å². The SMILES string of the molecule is C1=CC=CC=CC=C1.CC.CC.CC.CC.CC(C)=C(C)C.C[C](C)(C)[Sn]([CH3])([CH3])[CH3]. The third kappa shape index (κ3) is 46.0. The average Bonchev–Trinajstić information content (AvgIpc) is 2.67. The van der Waals surface area contributed by atoms with Gasteiger partial charge in [0.2, 0.25) is 0 Å². The molecule has 182 valence electrons. The summed E-state index contributed by atoms with van der Waals surface area (Å²) < 4.78 is 0.648. The van der Waals surface area contributed by atoms with E-state index in [4.69, 9.17) is 0 Å². The van der Waals surface area contributed by atoms with Gasteiger partial charge in [-0.1, -0.05) is 115 Å². The summed E-state index contributed by atoms with van der Waals surface area (Å²) in [6, 6.07) is 0. The zero-order valence-electron chi connectivity index (χ0n) is 24.6. The van der Waals surface area contributed by atoms with Crippen LogP contribution in [0.5, 0.6) is 0 Å². The molecule has 0 aliphatic heterocycles. The molecule has 0 unspecified atom stereocenters. The first kappa shape index (κ1) is 43.4. The molecule has 0 amide bonds. The van der Waals surface area contributed by atoms with E-state index in [1.807, 2.05) is 104 Å². The summed E-state index contributed by atoms with van der Waals surface area (Å²) in [5.74, 6) is 0. The van der Waals surface area contributed by atoms with Crippen LogP contribution in [0.1, 0.15) is 104 Å². The summed E-state index contributed by atoms with van der Waals surface area (Å²) in [5, 5.41) is 0. The van der Waals surface area contributed by atoms with Crippen LogP contribution in [0.15, 0.2) is 59.8 Å². The Hall–Kier alpha value is -0.501. The van der Waals surface area contributed by atoms with Crippen molar-refractivity contribution in [3.63, 3.8) is 0 Å². The molecule has 0 bridgehead atoms. The van der Waals surface area contributed by atoms with Crippen molar-refractivity contribution in [2.75, 3.05) is 0 Å². The molecular weight excluding hydrogens is 467 g/mol. The Bertz CT molecular complexity index is 344. The Labute approximate surface area is 199 Å². The third-order valence-electron chi connectivity index (χ3n) is 4.14. The zero-order valence-corrected chi connectivity index (χ0v) is 27.5. The van der Waals surface area contributed by atoms with E-state index in [1.165, 1.54) is 11.1 Å². The summed E-state index contributed by atoms with van der Waals surface area (Å²) in [6.07, 6.45) is 16.0. The molecule has 1 heteroatoms. The predicted molar refractivity (Wildman–Crippen MR) is 155 cm³/mol. The van der Waals surface area contributed by atoms with Crippen molar-refractivity contribution in [1.82, 2.24) is 0 Å². The second-order valence-corrected chi connectivity index (χ2v) is 25.2. The second kappa shape index (κ2) is 33.1. The molecule has 0 aromatic carbocycles. The molecule has 0 nitrogen and oxygen atoms in total. The Balaban J connectivity index is -0.0000000620. The summed E-state index contributed by atoms with van der Waals surface area (Å²) in [7, 11) is 0. The van der Waals surface area contributed by atoms with Gasteiger partial charge in [-0.05, 0) is 27.7 Å². The van der Waals surface area contributed by atoms with Gasteiger partial charge in [0.1, 0.15) is 0 Å². The quantitative estimate of drug-likeness (QED) is 0.216. The van der Waals surface area contributed by atoms with E-state index in [9.17, 15) is 0 Å². The molecule has 0 heterocycles. The summed E-state index contributed by atoms with van der Waals surface area (Å²) in [5.41, 5.74) is 2.85. The fourth-order valence-corrected chi connectivity index (χ4v) is 0.513. The van der Waals surface area contributed by atoms with Crippen molar-refractivity contribution in [2.24, 2.45) is 0 Å². The minimum atomic E-state index is -1.52. The molecule has 0 saturated heterocycles. The number of hydrogen-bond donors (Lipinski definition) is 0. The first-order chi connectivity index (χ1) is 13.9. The van der Waals surface area contributed by atoms with Gasteiger partial charge in [0.05, 0.1) is 0 Å². The number of rotatable bonds is 0. The molecule has 0 saturated carbocycles. The van der Waals surface area contributed by atoms with Crippen LogP contribution in [-0.2, 0) is 0 Å². The normalized spacial score (nSPS) is 10.5. The molecule has 0 spiro atoms. The standard InChI is InChI=1S/C8H8.C6H12.C4H9.4C2H6.3CH3.Sn/c1-2-4-6-8-7-5-3-1;1-5(2)6(3)4;1-4(2)3;4*1-2;;;;/h1-8H;1-4H3;1-3H3;4*1-2H3;3*1H3;. The molecule has 0 atom stereocenters. The van der Waals surface area contributed by atoms with Crippen LogP contribution in [0.2, 0.25) is 18.2 Å². The second-order valence-electron chi connectivity index (χ2n) is 8.04. The molecule has 0 N–H and O–H groups in total. The van der Waals surface area contributed by atoms with Crippen molar-refractivity contribution in [3.8, 4) is 0 Å². The fraction of sp³-hybridized carbons (Fsp3) is 0.655. The van der Waals surface area contributed by atoms with Gasteiger partial charge >= 0.3 is 57.4 Å². The van der Waals surface area contributed by atoms with E-state index < -0.39 is 18.4 Å². The molecule has 0 fully saturated rings. The fourth-order valence-electron chi connectivity index (χ4n) is 0.513. The van der Waals surface area contributed by atoms with Crippen LogP contribution >= 0.6 is 0 Å². The van der Waals surface area contributed by atoms with E-state index >= 15 is 0 Å². The van der Waals surface area contributed by atoms with Crippen molar-refractivity contribution in [2.45, 2.75) is 122 Å². The summed E-state index contributed by atoms with van der Waals surface area (Å²) in [4.78, 5) is 7.44. The maximum absolute atomic E-state index is 2.48. The monoisotopic (exact) mass is 530 g/mol. The van der Waals surface area contributed by atoms with Crippen LogP contribution in [-0.4, -0.2) is 18.4 Å². The van der Waals surface area contributed by atoms with E-state index in [0.717, 1.165) is 0 Å². The van der Waals surface area contributed by atoms with Crippen molar-refractivity contribution in [3.05, 3.63) is 59.8 Å². The third-order valence-corrected chi connectivity index (χ3v) is 17.0. The van der Waals surface area contributed by atoms with E-state index in [2.05, 4.69) is 63.3 Å². The first-order valence-corrected chi connectivity index (χ1v) is 22.2. The van der Waals surface area contributed by atoms with Gasteiger partial charge in [-0.15, -0.1) is 0 Å². The summed E-state index contributed by atoms with van der Waals surface area (Å²) in [6.45, 7) is 31.6. The van der Waals surface area contributed by atoms with Gasteiger partial charge < -0.3 is 0 Å². The predicted octanol–water partition coefficient (Wildman–Crippen LogP) is 11.8. The van der Waals surface area contributed by atoms with Crippen LogP contribution in [0, 0.1) is 0 Å². The Morgan fingerprint density at radius 2 is 0.533 bits per heavy atom. The van der Waals surface area contributed by atoms with Crippen LogP contribution < -0.4 is 0 Å². The van der Waals surface area contributed by atoms with E-state index in [-0.39, 0.29) is 0 Å². The summed E-state index contributed by atoms with van der Waals surface area (Å²) >= 11 is -1.52. The molecule has 1 aliphatic rings. The zero-order chi connectivity index (χ0) is 25.8. The first-order valence-electron chi connectivity index (χ1n) is 12.2. The van der Waals surface area contributed by atoms with Gasteiger partial charge in [-0.3, -0.25) is 0 Å². The van der Waals surface area contributed by atoms with Crippen molar-refractivity contribution in [1.29, 1.82) is 0 Å². The number of hydrogen-bond acceptors (Lipinski definition) is 0. The Morgan fingerprint density at radius 1 is 0.433 bits per heavy atom. The molecular formula is C29H62Sn. The Morgan fingerprint density at radius 3 is 0.567 bits per heavy atom. The topological polar surface area (TPSA) is 0 Å². The molecule has 0 aromatic heterocycles. The minimum absolute atomic E-state index is 0.648. The maximum atomic E-state index is 2.48. The molecule has 30 heavy (non-hydrogen) atoms. The Kier molecular flexibility index (Phi) is 47.9. The van der Waals surface area contributed by atoms with Gasteiger partial charge in [0.25, 0.3) is 0 Å². The van der Waals surface area contributed by atoms with E-state index in [0.29, 0.717) is 3.43 Å². The average molecular weight is 530 g/mol. The van der Waals surface area contributed by atoms with Crippen molar-refractivity contribution < 1.29 is 0 Å². The van der Waals surface area contributed by atoms with Gasteiger partial charge in [0, 0.05) is 0 Å². The van der Waals surface area contributed by atoms with Crippen molar-refractivity contribution >= 4 is 18.4 Å². The van der Waals surface area contributed by atoms with E-state index in [1.54, 1.807) is 0 Å². The molecule has 0 aromatic rings.